The lowest BCUT2D eigenvalue weighted by molar-refractivity contribution is -0.116. The summed E-state index contributed by atoms with van der Waals surface area (Å²) in [6, 6.07) is -0.582. The molecule has 1 atom stereocenters. The Kier molecular flexibility index (Phi) is 6.40. The van der Waals surface area contributed by atoms with E-state index in [0.717, 1.165) is 11.8 Å². The van der Waals surface area contributed by atoms with Gasteiger partial charge in [0.1, 0.15) is 17.8 Å². The summed E-state index contributed by atoms with van der Waals surface area (Å²) >= 11 is 1.02. The molecule has 8 nitrogen and oxygen atoms in total. The highest BCUT2D eigenvalue weighted by Crippen LogP contribution is 2.22. The largest absolute Gasteiger partial charge is 0.342 e. The molecular weight excluding hydrogens is 342 g/mol. The number of nitrogens with one attached hydrogen (secondary N) is 3. The standard InChI is InChI=1S/C16H19N5O3S/c1-3-4-10(7-22)25-14(17)9(2)20-16(24)13-11-5-6-12(23)21-15(11)19-8-18-13/h4,7-9,17H,3,5-6H2,1-2H3,(H,20,24)(H,18,19,21,23)/b10-4-,17-14?. The van der Waals surface area contributed by atoms with Gasteiger partial charge in [0.05, 0.1) is 11.1 Å². The van der Waals surface area contributed by atoms with Crippen LogP contribution in [0.25, 0.3) is 0 Å². The first-order valence-electron chi connectivity index (χ1n) is 7.82. The molecule has 1 unspecified atom stereocenters. The number of allylic oxidation sites excluding steroid dienone is 2. The molecule has 132 valence electrons. The van der Waals surface area contributed by atoms with Crippen LogP contribution < -0.4 is 10.6 Å². The first-order valence-corrected chi connectivity index (χ1v) is 8.64. The molecule has 0 bridgehead atoms. The Balaban J connectivity index is 2.08. The summed E-state index contributed by atoms with van der Waals surface area (Å²) in [7, 11) is 0. The van der Waals surface area contributed by atoms with E-state index in [1.54, 1.807) is 13.0 Å². The number of anilines is 1. The van der Waals surface area contributed by atoms with Crippen molar-refractivity contribution in [2.45, 2.75) is 39.2 Å². The summed E-state index contributed by atoms with van der Waals surface area (Å²) in [5, 5.41) is 13.5. The van der Waals surface area contributed by atoms with Crippen molar-refractivity contribution in [2.24, 2.45) is 0 Å². The van der Waals surface area contributed by atoms with Crippen LogP contribution in [0, 0.1) is 5.41 Å². The molecular formula is C16H19N5O3S. The predicted molar refractivity (Wildman–Crippen MR) is 95.7 cm³/mol. The van der Waals surface area contributed by atoms with Gasteiger partial charge in [-0.15, -0.1) is 0 Å². The second-order valence-electron chi connectivity index (χ2n) is 5.39. The second kappa shape index (κ2) is 8.52. The quantitative estimate of drug-likeness (QED) is 0.306. The Bertz CT molecular complexity index is 747. The van der Waals surface area contributed by atoms with E-state index in [-0.39, 0.29) is 23.1 Å². The number of aromatic nitrogens is 2. The van der Waals surface area contributed by atoms with Gasteiger partial charge in [-0.25, -0.2) is 9.97 Å². The molecule has 25 heavy (non-hydrogen) atoms. The SMILES string of the molecule is CC/C=C(/C=O)SC(=N)C(C)NC(=O)c1ncnc2c1CCC(=O)N2. The van der Waals surface area contributed by atoms with Crippen molar-refractivity contribution in [3.8, 4) is 0 Å². The maximum Gasteiger partial charge on any atom is 0.270 e. The van der Waals surface area contributed by atoms with Crippen LogP contribution in [0.4, 0.5) is 5.82 Å². The first-order chi connectivity index (χ1) is 12.0. The number of nitrogens with zero attached hydrogens (tertiary/aromatic N) is 2. The van der Waals surface area contributed by atoms with Crippen LogP contribution in [0.5, 0.6) is 0 Å². The molecule has 0 saturated heterocycles. The summed E-state index contributed by atoms with van der Waals surface area (Å²) in [4.78, 5) is 43.3. The van der Waals surface area contributed by atoms with Crippen LogP contribution in [0.15, 0.2) is 17.3 Å². The van der Waals surface area contributed by atoms with E-state index in [9.17, 15) is 14.4 Å². The normalized spacial score (nSPS) is 15.0. The maximum absolute atomic E-state index is 12.5. The van der Waals surface area contributed by atoms with Gasteiger partial charge < -0.3 is 10.6 Å². The maximum atomic E-state index is 12.5. The molecule has 0 fully saturated rings. The molecule has 2 amide bonds. The van der Waals surface area contributed by atoms with Gasteiger partial charge in [0, 0.05) is 16.9 Å². The van der Waals surface area contributed by atoms with Crippen LogP contribution in [-0.2, 0) is 16.0 Å². The average Bonchev–Trinajstić information content (AvgIpc) is 2.60. The smallest absolute Gasteiger partial charge is 0.270 e. The third kappa shape index (κ3) is 4.72. The number of carbonyl (C=O) groups excluding carboxylic acids is 3. The Hall–Kier alpha value is -2.55. The Morgan fingerprint density at radius 2 is 2.24 bits per heavy atom. The van der Waals surface area contributed by atoms with E-state index in [4.69, 9.17) is 5.41 Å². The molecule has 0 saturated carbocycles. The zero-order valence-corrected chi connectivity index (χ0v) is 14.8. The van der Waals surface area contributed by atoms with Crippen molar-refractivity contribution < 1.29 is 14.4 Å². The Morgan fingerprint density at radius 3 is 2.92 bits per heavy atom. The summed E-state index contributed by atoms with van der Waals surface area (Å²) in [5.41, 5.74) is 0.778. The fourth-order valence-electron chi connectivity index (χ4n) is 2.25. The van der Waals surface area contributed by atoms with E-state index in [0.29, 0.717) is 35.4 Å². The molecule has 1 aliphatic rings. The minimum Gasteiger partial charge on any atom is -0.342 e. The average molecular weight is 361 g/mol. The van der Waals surface area contributed by atoms with Crippen molar-refractivity contribution in [3.63, 3.8) is 0 Å². The van der Waals surface area contributed by atoms with Gasteiger partial charge in [-0.05, 0) is 19.8 Å². The number of fused-ring (bicyclic) bond motifs is 1. The molecule has 2 heterocycles. The number of aldehydes is 1. The van der Waals surface area contributed by atoms with Crippen molar-refractivity contribution in [3.05, 3.63) is 28.6 Å². The van der Waals surface area contributed by atoms with Gasteiger partial charge in [-0.2, -0.15) is 0 Å². The van der Waals surface area contributed by atoms with Crippen molar-refractivity contribution in [1.82, 2.24) is 15.3 Å². The molecule has 1 aromatic heterocycles. The molecule has 0 aliphatic carbocycles. The minimum atomic E-state index is -0.582. The molecule has 0 aromatic carbocycles. The zero-order chi connectivity index (χ0) is 18.4. The van der Waals surface area contributed by atoms with E-state index in [1.165, 1.54) is 6.33 Å². The van der Waals surface area contributed by atoms with E-state index < -0.39 is 11.9 Å². The minimum absolute atomic E-state index is 0.145. The summed E-state index contributed by atoms with van der Waals surface area (Å²) in [6.07, 6.45) is 4.99. The van der Waals surface area contributed by atoms with Gasteiger partial charge in [0.15, 0.2) is 6.29 Å². The molecule has 1 aliphatic heterocycles. The summed E-state index contributed by atoms with van der Waals surface area (Å²) < 4.78 is 0. The highest BCUT2D eigenvalue weighted by atomic mass is 32.2. The zero-order valence-electron chi connectivity index (χ0n) is 14.0. The summed E-state index contributed by atoms with van der Waals surface area (Å²) in [5.74, 6) is -0.240. The summed E-state index contributed by atoms with van der Waals surface area (Å²) in [6.45, 7) is 3.56. The van der Waals surface area contributed by atoms with Crippen molar-refractivity contribution in [1.29, 1.82) is 5.41 Å². The van der Waals surface area contributed by atoms with Crippen molar-refractivity contribution >= 4 is 40.7 Å². The topological polar surface area (TPSA) is 125 Å². The number of rotatable bonds is 6. The third-order valence-corrected chi connectivity index (χ3v) is 4.58. The van der Waals surface area contributed by atoms with Gasteiger partial charge in [0.2, 0.25) is 5.91 Å². The lowest BCUT2D eigenvalue weighted by atomic mass is 10.0. The van der Waals surface area contributed by atoms with Gasteiger partial charge >= 0.3 is 0 Å². The molecule has 1 aromatic rings. The lowest BCUT2D eigenvalue weighted by Crippen LogP contribution is -2.38. The number of thioether (sulfide) groups is 1. The van der Waals surface area contributed by atoms with Crippen molar-refractivity contribution in [2.75, 3.05) is 5.32 Å². The fourth-order valence-corrected chi connectivity index (χ4v) is 3.03. The third-order valence-electron chi connectivity index (χ3n) is 3.51. The Morgan fingerprint density at radius 1 is 1.48 bits per heavy atom. The van der Waals surface area contributed by atoms with Gasteiger partial charge in [0.25, 0.3) is 5.91 Å². The van der Waals surface area contributed by atoms with Gasteiger partial charge in [-0.1, -0.05) is 24.8 Å². The van der Waals surface area contributed by atoms with E-state index >= 15 is 0 Å². The highest BCUT2D eigenvalue weighted by molar-refractivity contribution is 8.17. The van der Waals surface area contributed by atoms with Crippen LogP contribution in [0.2, 0.25) is 0 Å². The number of hydrogen-bond donors (Lipinski definition) is 3. The number of carbonyl (C=O) groups is 3. The van der Waals surface area contributed by atoms with Crippen LogP contribution >= 0.6 is 11.8 Å². The molecule has 9 heteroatoms. The van der Waals surface area contributed by atoms with E-state index in [1.807, 2.05) is 6.92 Å². The van der Waals surface area contributed by atoms with Crippen LogP contribution in [0.1, 0.15) is 42.7 Å². The van der Waals surface area contributed by atoms with Crippen LogP contribution in [0.3, 0.4) is 0 Å². The predicted octanol–water partition coefficient (Wildman–Crippen LogP) is 1.68. The second-order valence-corrected chi connectivity index (χ2v) is 6.51. The molecule has 0 spiro atoms. The monoisotopic (exact) mass is 361 g/mol. The number of hydrogen-bond acceptors (Lipinski definition) is 7. The molecule has 2 rings (SSSR count). The molecule has 3 N–H and O–H groups in total. The van der Waals surface area contributed by atoms with E-state index in [2.05, 4.69) is 20.6 Å². The van der Waals surface area contributed by atoms with Crippen LogP contribution in [-0.4, -0.2) is 39.2 Å². The number of amides is 2. The molecule has 0 radical (unpaired) electrons. The first kappa shape index (κ1) is 18.8. The van der Waals surface area contributed by atoms with Gasteiger partial charge in [-0.3, -0.25) is 19.8 Å². The fraction of sp³-hybridized carbons (Fsp3) is 0.375. The lowest BCUT2D eigenvalue weighted by Gasteiger charge is -2.19. The highest BCUT2D eigenvalue weighted by Gasteiger charge is 2.25. The Labute approximate surface area is 149 Å².